The molecule has 2 rings (SSSR count). The molecule has 0 aromatic heterocycles. The molecule has 0 heterocycles. The third-order valence-corrected chi connectivity index (χ3v) is 4.87. The van der Waals surface area contributed by atoms with Crippen molar-refractivity contribution >= 4 is 23.5 Å². The zero-order valence-corrected chi connectivity index (χ0v) is 13.7. The Bertz CT molecular complexity index is 569. The van der Waals surface area contributed by atoms with Crippen LogP contribution in [0, 0.1) is 5.92 Å². The van der Waals surface area contributed by atoms with Gasteiger partial charge in [-0.15, -0.1) is 0 Å². The summed E-state index contributed by atoms with van der Waals surface area (Å²) in [6.45, 7) is 3.82. The molecular weight excluding hydrogens is 302 g/mol. The highest BCUT2D eigenvalue weighted by Crippen LogP contribution is 2.48. The maximum atomic E-state index is 12.5. The van der Waals surface area contributed by atoms with Crippen molar-refractivity contribution in [2.24, 2.45) is 5.92 Å². The van der Waals surface area contributed by atoms with Gasteiger partial charge in [-0.25, -0.2) is 0 Å². The number of hydrogen-bond acceptors (Lipinski definition) is 2. The summed E-state index contributed by atoms with van der Waals surface area (Å²) >= 11 is 5.99. The average Bonchev–Trinajstić information content (AvgIpc) is 3.26. The van der Waals surface area contributed by atoms with Crippen LogP contribution < -0.4 is 5.32 Å². The molecule has 1 aromatic rings. The van der Waals surface area contributed by atoms with Crippen molar-refractivity contribution in [1.29, 1.82) is 0 Å². The number of carboxylic acids is 1. The van der Waals surface area contributed by atoms with Gasteiger partial charge in [-0.1, -0.05) is 37.6 Å². The Kier molecular flexibility index (Phi) is 5.12. The lowest BCUT2D eigenvalue weighted by Crippen LogP contribution is -2.49. The number of aliphatic carboxylic acids is 1. The molecule has 1 amide bonds. The molecule has 1 aliphatic rings. The molecule has 0 radical (unpaired) electrons. The number of benzene rings is 1. The number of hydrogen-bond donors (Lipinski definition) is 2. The summed E-state index contributed by atoms with van der Waals surface area (Å²) in [6.07, 6.45) is 1.97. The number of carbonyl (C=O) groups excluding carboxylic acids is 1. The fourth-order valence-corrected chi connectivity index (χ4v) is 3.15. The first-order chi connectivity index (χ1) is 10.4. The summed E-state index contributed by atoms with van der Waals surface area (Å²) in [5.41, 5.74) is 0.425. The standard InChI is InChI=1S/C17H22ClNO3/c1-3-17(4-2,10-15(20)21)19-16(22)14-9-13(14)11-6-5-7-12(18)8-11/h5-8,13-14H,3-4,9-10H2,1-2H3,(H,19,22)(H,20,21). The van der Waals surface area contributed by atoms with Crippen molar-refractivity contribution in [2.45, 2.75) is 51.0 Å². The SMILES string of the molecule is CCC(CC)(CC(=O)O)NC(=O)C1CC1c1cccc(Cl)c1. The number of rotatable bonds is 7. The first-order valence-electron chi connectivity index (χ1n) is 7.70. The molecule has 5 heteroatoms. The molecule has 0 spiro atoms. The molecule has 0 bridgehead atoms. The fourth-order valence-electron chi connectivity index (χ4n) is 2.95. The van der Waals surface area contributed by atoms with Crippen LogP contribution in [0.25, 0.3) is 0 Å². The zero-order valence-electron chi connectivity index (χ0n) is 12.9. The highest BCUT2D eigenvalue weighted by atomic mass is 35.5. The highest BCUT2D eigenvalue weighted by molar-refractivity contribution is 6.30. The van der Waals surface area contributed by atoms with Gasteiger partial charge in [0.1, 0.15) is 0 Å². The maximum absolute atomic E-state index is 12.5. The largest absolute Gasteiger partial charge is 0.481 e. The molecule has 2 atom stereocenters. The van der Waals surface area contributed by atoms with Crippen molar-refractivity contribution in [3.05, 3.63) is 34.9 Å². The van der Waals surface area contributed by atoms with Gasteiger partial charge >= 0.3 is 5.97 Å². The molecule has 1 saturated carbocycles. The second-order valence-electron chi connectivity index (χ2n) is 6.05. The van der Waals surface area contributed by atoms with E-state index in [4.69, 9.17) is 16.7 Å². The van der Waals surface area contributed by atoms with Crippen molar-refractivity contribution in [3.8, 4) is 0 Å². The summed E-state index contributed by atoms with van der Waals surface area (Å²) in [4.78, 5) is 23.5. The molecule has 1 fully saturated rings. The quantitative estimate of drug-likeness (QED) is 0.805. The number of amides is 1. The molecule has 0 saturated heterocycles. The minimum Gasteiger partial charge on any atom is -0.481 e. The Morgan fingerprint density at radius 1 is 1.36 bits per heavy atom. The summed E-state index contributed by atoms with van der Waals surface area (Å²) in [5, 5.41) is 12.7. The van der Waals surface area contributed by atoms with E-state index in [1.165, 1.54) is 0 Å². The number of halogens is 1. The van der Waals surface area contributed by atoms with E-state index in [0.29, 0.717) is 17.9 Å². The summed E-state index contributed by atoms with van der Waals surface area (Å²) in [6, 6.07) is 7.57. The zero-order chi connectivity index (χ0) is 16.3. The van der Waals surface area contributed by atoms with E-state index in [1.54, 1.807) is 0 Å². The van der Waals surface area contributed by atoms with Crippen LogP contribution in [0.15, 0.2) is 24.3 Å². The highest BCUT2D eigenvalue weighted by Gasteiger charge is 2.46. The van der Waals surface area contributed by atoms with E-state index in [0.717, 1.165) is 12.0 Å². The van der Waals surface area contributed by atoms with Crippen molar-refractivity contribution in [3.63, 3.8) is 0 Å². The monoisotopic (exact) mass is 323 g/mol. The van der Waals surface area contributed by atoms with Crippen LogP contribution in [0.1, 0.15) is 51.0 Å². The molecule has 2 unspecified atom stereocenters. The molecule has 4 nitrogen and oxygen atoms in total. The van der Waals surface area contributed by atoms with Gasteiger partial charge in [0.15, 0.2) is 0 Å². The Morgan fingerprint density at radius 3 is 2.59 bits per heavy atom. The molecule has 0 aliphatic heterocycles. The van der Waals surface area contributed by atoms with E-state index < -0.39 is 11.5 Å². The topological polar surface area (TPSA) is 66.4 Å². The van der Waals surface area contributed by atoms with Gasteiger partial charge in [-0.2, -0.15) is 0 Å². The molecule has 120 valence electrons. The lowest BCUT2D eigenvalue weighted by molar-refractivity contribution is -0.139. The Hall–Kier alpha value is -1.55. The summed E-state index contributed by atoms with van der Waals surface area (Å²) < 4.78 is 0. The summed E-state index contributed by atoms with van der Waals surface area (Å²) in [7, 11) is 0. The van der Waals surface area contributed by atoms with E-state index in [9.17, 15) is 9.59 Å². The Labute approximate surface area is 135 Å². The van der Waals surface area contributed by atoms with Crippen molar-refractivity contribution in [2.75, 3.05) is 0 Å². The van der Waals surface area contributed by atoms with Gasteiger partial charge < -0.3 is 10.4 Å². The van der Waals surface area contributed by atoms with E-state index in [1.807, 2.05) is 38.1 Å². The molecule has 1 aliphatic carbocycles. The van der Waals surface area contributed by atoms with Gasteiger partial charge in [0.2, 0.25) is 5.91 Å². The minimum absolute atomic E-state index is 0.0414. The maximum Gasteiger partial charge on any atom is 0.305 e. The van der Waals surface area contributed by atoms with Crippen LogP contribution in [0.3, 0.4) is 0 Å². The lowest BCUT2D eigenvalue weighted by atomic mass is 9.88. The predicted molar refractivity (Wildman–Crippen MR) is 86.0 cm³/mol. The number of carboxylic acid groups (broad SMARTS) is 1. The number of carbonyl (C=O) groups is 2. The molecule has 1 aromatic carbocycles. The fraction of sp³-hybridized carbons (Fsp3) is 0.529. The average molecular weight is 324 g/mol. The van der Waals surface area contributed by atoms with Crippen LogP contribution in [0.4, 0.5) is 0 Å². The van der Waals surface area contributed by atoms with E-state index >= 15 is 0 Å². The molecule has 22 heavy (non-hydrogen) atoms. The van der Waals surface area contributed by atoms with Crippen LogP contribution in [0.2, 0.25) is 5.02 Å². The van der Waals surface area contributed by atoms with Crippen LogP contribution in [-0.4, -0.2) is 22.5 Å². The smallest absolute Gasteiger partial charge is 0.305 e. The van der Waals surface area contributed by atoms with Gasteiger partial charge in [-0.05, 0) is 42.9 Å². The second-order valence-corrected chi connectivity index (χ2v) is 6.49. The van der Waals surface area contributed by atoms with Crippen LogP contribution in [-0.2, 0) is 9.59 Å². The third kappa shape index (κ3) is 3.80. The van der Waals surface area contributed by atoms with Gasteiger partial charge in [0, 0.05) is 16.5 Å². The van der Waals surface area contributed by atoms with Gasteiger partial charge in [0.25, 0.3) is 0 Å². The Balaban J connectivity index is 2.02. The van der Waals surface area contributed by atoms with Crippen molar-refractivity contribution in [1.82, 2.24) is 5.32 Å². The van der Waals surface area contributed by atoms with Crippen LogP contribution in [0.5, 0.6) is 0 Å². The van der Waals surface area contributed by atoms with Gasteiger partial charge in [-0.3, -0.25) is 9.59 Å². The lowest BCUT2D eigenvalue weighted by Gasteiger charge is -2.31. The normalized spacial score (nSPS) is 20.5. The van der Waals surface area contributed by atoms with Crippen LogP contribution >= 0.6 is 11.6 Å². The first-order valence-corrected chi connectivity index (χ1v) is 8.08. The second kappa shape index (κ2) is 6.69. The Morgan fingerprint density at radius 2 is 2.05 bits per heavy atom. The van der Waals surface area contributed by atoms with E-state index in [-0.39, 0.29) is 24.2 Å². The molecule has 2 N–H and O–H groups in total. The van der Waals surface area contributed by atoms with Gasteiger partial charge in [0.05, 0.1) is 6.42 Å². The molecular formula is C17H22ClNO3. The minimum atomic E-state index is -0.883. The first kappa shape index (κ1) is 16.8. The summed E-state index contributed by atoms with van der Waals surface area (Å²) in [5.74, 6) is -0.819. The third-order valence-electron chi connectivity index (χ3n) is 4.64. The van der Waals surface area contributed by atoms with Crippen molar-refractivity contribution < 1.29 is 14.7 Å². The predicted octanol–water partition coefficient (Wildman–Crippen LogP) is 3.59. The number of nitrogens with one attached hydrogen (secondary N) is 1. The van der Waals surface area contributed by atoms with E-state index in [2.05, 4.69) is 5.32 Å².